The number of hydrogen-bond acceptors (Lipinski definition) is 11. The topological polar surface area (TPSA) is 134 Å². The van der Waals surface area contributed by atoms with Crippen LogP contribution in [0.2, 0.25) is 0 Å². The number of rotatable bonds is 7. The molecule has 1 aromatic carbocycles. The number of carbonyl (C=O) groups excluding carboxylic acids is 3. The third-order valence-electron chi connectivity index (χ3n) is 15.3. The first-order valence-electron chi connectivity index (χ1n) is 23.1. The van der Waals surface area contributed by atoms with Gasteiger partial charge in [0.05, 0.1) is 58.9 Å². The lowest BCUT2D eigenvalue weighted by atomic mass is 9.63. The van der Waals surface area contributed by atoms with Crippen LogP contribution in [0.5, 0.6) is 0 Å². The molecule has 3 aliphatic carbocycles. The summed E-state index contributed by atoms with van der Waals surface area (Å²) in [5.41, 5.74) is 8.96. The monoisotopic (exact) mass is 898 g/mol. The van der Waals surface area contributed by atoms with E-state index in [-0.39, 0.29) is 37.0 Å². The highest BCUT2D eigenvalue weighted by molar-refractivity contribution is 7.10. The fourth-order valence-electron chi connectivity index (χ4n) is 10.9. The fourth-order valence-corrected chi connectivity index (χ4v) is 12.0. The van der Waals surface area contributed by atoms with Crippen LogP contribution >= 0.6 is 11.3 Å². The van der Waals surface area contributed by atoms with Gasteiger partial charge in [-0.1, -0.05) is 33.3 Å². The first kappa shape index (κ1) is 43.4. The van der Waals surface area contributed by atoms with Crippen molar-refractivity contribution >= 4 is 45.7 Å². The number of nitrogens with one attached hydrogen (secondary N) is 2. The van der Waals surface area contributed by atoms with Gasteiger partial charge in [0.15, 0.2) is 0 Å². The van der Waals surface area contributed by atoms with Gasteiger partial charge in [0.1, 0.15) is 17.1 Å². The third kappa shape index (κ3) is 7.21. The average molecular weight is 899 g/mol. The number of piperazine rings is 1. The zero-order valence-electron chi connectivity index (χ0n) is 37.9. The molecule has 6 aliphatic rings. The molecule has 5 fully saturated rings. The van der Waals surface area contributed by atoms with E-state index in [0.717, 1.165) is 94.4 Å². The Balaban J connectivity index is 1.14. The van der Waals surface area contributed by atoms with Gasteiger partial charge in [0, 0.05) is 85.1 Å². The Morgan fingerprint density at radius 1 is 1.14 bits per heavy atom. The van der Waals surface area contributed by atoms with Crippen LogP contribution in [-0.4, -0.2) is 114 Å². The molecule has 13 nitrogen and oxygen atoms in total. The van der Waals surface area contributed by atoms with E-state index in [1.807, 2.05) is 39.3 Å². The lowest BCUT2D eigenvalue weighted by molar-refractivity contribution is -0.157. The van der Waals surface area contributed by atoms with Crippen LogP contribution in [0.25, 0.3) is 33.4 Å². The number of thiazole rings is 1. The summed E-state index contributed by atoms with van der Waals surface area (Å²) in [5, 5.41) is 8.05. The maximum Gasteiger partial charge on any atom is 0.325 e. The highest BCUT2D eigenvalue weighted by Gasteiger charge is 2.75. The van der Waals surface area contributed by atoms with E-state index in [1.165, 1.54) is 16.3 Å². The smallest absolute Gasteiger partial charge is 0.325 e. The standard InChI is InChI=1S/C48H60F2N8O5S/c1-8-57-36-11-10-28-19-31(36)33(40(57)32-20-29(22-51-38(32)27(3)62-7)56-16-14-55(6)15-17-56)21-46(4,5)25-63-44(61)39-37-34(48(37,49)50)23-58(54-39)43(60)41(53-42(59)30-18-26(30)2)47(12-9-13-47)45-52-35(28)24-64-45/h10-11,19-20,22,24,26-27,30,34,37,39,41,54H,8-9,12-18,21,23,25H2,1-7H3,(H,53,59). The first-order valence-corrected chi connectivity index (χ1v) is 23.9. The van der Waals surface area contributed by atoms with Crippen LogP contribution in [0.4, 0.5) is 14.5 Å². The zero-order chi connectivity index (χ0) is 45.0. The largest absolute Gasteiger partial charge is 0.464 e. The predicted octanol–water partition coefficient (Wildman–Crippen LogP) is 6.59. The summed E-state index contributed by atoms with van der Waals surface area (Å²) in [4.78, 5) is 57.9. The van der Waals surface area contributed by atoms with Gasteiger partial charge in [-0.3, -0.25) is 24.4 Å². The number of anilines is 1. The molecule has 4 aromatic rings. The molecular weight excluding hydrogens is 839 g/mol. The summed E-state index contributed by atoms with van der Waals surface area (Å²) in [5.74, 6) is -7.31. The summed E-state index contributed by atoms with van der Waals surface area (Å²) in [6.07, 6.45) is 4.81. The molecule has 1 spiro atoms. The molecule has 10 rings (SSSR count). The van der Waals surface area contributed by atoms with Crippen molar-refractivity contribution in [2.45, 2.75) is 103 Å². The van der Waals surface area contributed by atoms with Crippen LogP contribution in [0.15, 0.2) is 35.8 Å². The molecule has 3 aromatic heterocycles. The van der Waals surface area contributed by atoms with Gasteiger partial charge in [-0.2, -0.15) is 0 Å². The van der Waals surface area contributed by atoms with Crippen LogP contribution in [0.1, 0.15) is 82.7 Å². The number of amides is 2. The summed E-state index contributed by atoms with van der Waals surface area (Å²) in [6.45, 7) is 14.2. The molecular formula is C48H60F2N8O5S. The number of aryl methyl sites for hydroxylation is 1. The Labute approximate surface area is 377 Å². The zero-order valence-corrected chi connectivity index (χ0v) is 38.7. The number of likely N-dealkylation sites (N-methyl/N-ethyl adjacent to an activating group) is 1. The average Bonchev–Trinajstić information content (AvgIpc) is 3.97. The van der Waals surface area contributed by atoms with Crippen LogP contribution in [0, 0.1) is 29.1 Å². The highest BCUT2D eigenvalue weighted by Crippen LogP contribution is 2.59. The minimum atomic E-state index is -3.17. The van der Waals surface area contributed by atoms with E-state index < -0.39 is 52.5 Å². The number of carbonyl (C=O) groups is 3. The van der Waals surface area contributed by atoms with Gasteiger partial charge >= 0.3 is 5.97 Å². The highest BCUT2D eigenvalue weighted by atomic mass is 32.1. The number of cyclic esters (lactones) is 1. The summed E-state index contributed by atoms with van der Waals surface area (Å²) in [6, 6.07) is 6.18. The van der Waals surface area contributed by atoms with Crippen molar-refractivity contribution in [2.24, 2.45) is 29.1 Å². The van der Waals surface area contributed by atoms with Gasteiger partial charge in [-0.25, -0.2) is 19.2 Å². The Hall–Kier alpha value is -4.51. The molecule has 0 radical (unpaired) electrons. The second-order valence-electron chi connectivity index (χ2n) is 20.2. The van der Waals surface area contributed by atoms with Crippen molar-refractivity contribution < 1.29 is 32.6 Å². The van der Waals surface area contributed by atoms with Crippen molar-refractivity contribution in [3.8, 4) is 22.5 Å². The van der Waals surface area contributed by atoms with Gasteiger partial charge in [-0.15, -0.1) is 11.3 Å². The molecule has 3 saturated carbocycles. The Kier molecular flexibility index (Phi) is 10.7. The van der Waals surface area contributed by atoms with E-state index in [9.17, 15) is 14.4 Å². The van der Waals surface area contributed by atoms with Crippen LogP contribution in [0.3, 0.4) is 0 Å². The van der Waals surface area contributed by atoms with E-state index in [4.69, 9.17) is 19.4 Å². The number of pyridine rings is 1. The normalized spacial score (nSPS) is 28.8. The summed E-state index contributed by atoms with van der Waals surface area (Å²) in [7, 11) is 3.83. The van der Waals surface area contributed by atoms with Crippen LogP contribution < -0.4 is 15.6 Å². The van der Waals surface area contributed by atoms with Crippen molar-refractivity contribution in [1.29, 1.82) is 0 Å². The second-order valence-corrected chi connectivity index (χ2v) is 21.1. The Morgan fingerprint density at radius 2 is 1.89 bits per heavy atom. The molecule has 2 N–H and O–H groups in total. The quantitative estimate of drug-likeness (QED) is 0.196. The number of hydrogen-bond donors (Lipinski definition) is 2. The summed E-state index contributed by atoms with van der Waals surface area (Å²) < 4.78 is 45.6. The third-order valence-corrected chi connectivity index (χ3v) is 16.4. The van der Waals surface area contributed by atoms with Gasteiger partial charge in [0.2, 0.25) is 5.91 Å². The number of nitrogens with zero attached hydrogens (tertiary/aromatic N) is 6. The van der Waals surface area contributed by atoms with Gasteiger partial charge in [-0.05, 0) is 76.3 Å². The fraction of sp³-hybridized carbons (Fsp3) is 0.604. The van der Waals surface area contributed by atoms with Crippen molar-refractivity contribution in [2.75, 3.05) is 58.4 Å². The number of benzene rings is 1. The lowest BCUT2D eigenvalue weighted by Crippen LogP contribution is -2.66. The van der Waals surface area contributed by atoms with E-state index in [0.29, 0.717) is 25.8 Å². The number of methoxy groups -OCH3 is 1. The number of ether oxygens (including phenoxy) is 2. The van der Waals surface area contributed by atoms with E-state index >= 15 is 8.78 Å². The number of esters is 1. The van der Waals surface area contributed by atoms with E-state index in [2.05, 4.69) is 63.3 Å². The molecule has 7 unspecified atom stereocenters. The van der Waals surface area contributed by atoms with Gasteiger partial charge in [0.25, 0.3) is 11.8 Å². The van der Waals surface area contributed by atoms with Crippen molar-refractivity contribution in [3.63, 3.8) is 0 Å². The molecule has 6 bridgehead atoms. The first-order chi connectivity index (χ1) is 30.5. The molecule has 3 aliphatic heterocycles. The number of halogens is 2. The minimum absolute atomic E-state index is 0.0590. The number of fused-ring (bicyclic) bond motifs is 9. The van der Waals surface area contributed by atoms with Gasteiger partial charge < -0.3 is 29.2 Å². The maximum atomic E-state index is 15.6. The van der Waals surface area contributed by atoms with Crippen molar-refractivity contribution in [3.05, 3.63) is 52.1 Å². The molecule has 16 heteroatoms. The molecule has 6 heterocycles. The van der Waals surface area contributed by atoms with Crippen LogP contribution in [-0.2, 0) is 42.2 Å². The number of alkyl halides is 2. The molecule has 2 saturated heterocycles. The predicted molar refractivity (Wildman–Crippen MR) is 241 cm³/mol. The SMILES string of the molecule is CCn1c(-c2cc(N3CCN(C)CC3)cnc2C(C)OC)c2c3cc(ccc31)-c1csc(n1)C1(CCC1)C(NC(=O)C1CC1C)C(=O)N1CC3C(C(N1)C(=O)OCC(C)(C)C2)C3(F)F. The van der Waals surface area contributed by atoms with Crippen molar-refractivity contribution in [1.82, 2.24) is 35.2 Å². The Morgan fingerprint density at radius 3 is 2.56 bits per heavy atom. The molecule has 2 amide bonds. The lowest BCUT2D eigenvalue weighted by Gasteiger charge is -2.47. The maximum absolute atomic E-state index is 15.6. The number of hydrazine groups is 1. The molecule has 7 atom stereocenters. The van der Waals surface area contributed by atoms with E-state index in [1.54, 1.807) is 7.11 Å². The molecule has 342 valence electrons. The Bertz CT molecular complexity index is 2510. The summed E-state index contributed by atoms with van der Waals surface area (Å²) >= 11 is 1.46. The second kappa shape index (κ2) is 15.8. The molecule has 64 heavy (non-hydrogen) atoms. The minimum Gasteiger partial charge on any atom is -0.464 e. The number of aromatic nitrogens is 3.